The normalized spacial score (nSPS) is 15.9. The number of anilines is 1. The molecule has 2 aromatic carbocycles. The highest BCUT2D eigenvalue weighted by molar-refractivity contribution is 5.56. The molecule has 0 amide bonds. The van der Waals surface area contributed by atoms with Gasteiger partial charge in [-0.05, 0) is 65.6 Å². The van der Waals surface area contributed by atoms with Crippen LogP contribution in [0.3, 0.4) is 0 Å². The first-order valence-electron chi connectivity index (χ1n) is 11.1. The Morgan fingerprint density at radius 1 is 1.00 bits per heavy atom. The van der Waals surface area contributed by atoms with Gasteiger partial charge in [0.25, 0.3) is 0 Å². The molecule has 6 nitrogen and oxygen atoms in total. The topological polar surface area (TPSA) is 50.1 Å². The molecule has 0 unspecified atom stereocenters. The molecule has 3 aromatic rings. The van der Waals surface area contributed by atoms with E-state index in [9.17, 15) is 4.39 Å². The maximum atomic E-state index is 13.3. The number of benzene rings is 2. The largest absolute Gasteiger partial charge is 0.369 e. The van der Waals surface area contributed by atoms with Crippen LogP contribution >= 0.6 is 0 Å². The van der Waals surface area contributed by atoms with E-state index in [-0.39, 0.29) is 11.9 Å². The van der Waals surface area contributed by atoms with Crippen molar-refractivity contribution >= 4 is 5.69 Å². The van der Waals surface area contributed by atoms with Crippen LogP contribution in [0, 0.1) is 19.7 Å². The van der Waals surface area contributed by atoms with Crippen molar-refractivity contribution in [2.24, 2.45) is 0 Å². The average molecular weight is 423 g/mol. The van der Waals surface area contributed by atoms with Gasteiger partial charge in [-0.1, -0.05) is 37.6 Å². The van der Waals surface area contributed by atoms with E-state index in [4.69, 9.17) is 0 Å². The van der Waals surface area contributed by atoms with Crippen LogP contribution in [-0.2, 0) is 6.54 Å². The first-order valence-corrected chi connectivity index (χ1v) is 11.1. The van der Waals surface area contributed by atoms with Crippen LogP contribution in [0.2, 0.25) is 0 Å². The number of rotatable bonds is 7. The minimum Gasteiger partial charge on any atom is -0.369 e. The number of aryl methyl sites for hydroxylation is 1. The third-order valence-electron chi connectivity index (χ3n) is 6.34. The second-order valence-electron chi connectivity index (χ2n) is 8.37. The maximum absolute atomic E-state index is 13.3. The van der Waals surface area contributed by atoms with Gasteiger partial charge in [-0.15, -0.1) is 5.10 Å². The fourth-order valence-corrected chi connectivity index (χ4v) is 4.43. The van der Waals surface area contributed by atoms with Gasteiger partial charge in [-0.25, -0.2) is 9.07 Å². The number of halogens is 1. The molecule has 31 heavy (non-hydrogen) atoms. The van der Waals surface area contributed by atoms with Gasteiger partial charge >= 0.3 is 0 Å². The van der Waals surface area contributed by atoms with Crippen molar-refractivity contribution in [3.63, 3.8) is 0 Å². The fraction of sp³-hybridized carbons (Fsp3) is 0.458. The number of aromatic nitrogens is 4. The van der Waals surface area contributed by atoms with E-state index in [1.807, 2.05) is 4.68 Å². The Labute approximate surface area is 183 Å². The predicted octanol–water partition coefficient (Wildman–Crippen LogP) is 4.14. The van der Waals surface area contributed by atoms with Crippen LogP contribution in [0.5, 0.6) is 0 Å². The van der Waals surface area contributed by atoms with Gasteiger partial charge in [0.05, 0.1) is 12.6 Å². The molecule has 0 spiro atoms. The Kier molecular flexibility index (Phi) is 6.61. The van der Waals surface area contributed by atoms with Crippen molar-refractivity contribution in [2.45, 2.75) is 46.2 Å². The average Bonchev–Trinajstić information content (AvgIpc) is 3.23. The van der Waals surface area contributed by atoms with E-state index in [1.54, 1.807) is 12.1 Å². The van der Waals surface area contributed by atoms with Gasteiger partial charge < -0.3 is 4.90 Å². The molecular formula is C24H31FN6. The molecular weight excluding hydrogens is 391 g/mol. The predicted molar refractivity (Wildman–Crippen MR) is 121 cm³/mol. The summed E-state index contributed by atoms with van der Waals surface area (Å²) in [5.74, 6) is 0.664. The summed E-state index contributed by atoms with van der Waals surface area (Å²) in [4.78, 5) is 5.00. The minimum atomic E-state index is -0.230. The molecule has 0 saturated carbocycles. The van der Waals surface area contributed by atoms with Crippen LogP contribution in [0.15, 0.2) is 42.5 Å². The Balaban J connectivity index is 1.48. The molecule has 1 saturated heterocycles. The smallest absolute Gasteiger partial charge is 0.168 e. The molecule has 0 N–H and O–H groups in total. The SMILES string of the molecule is CCC[C@@H](c1nnnn1Cc1ccc(F)cc1)N1CCN(c2cccc(C)c2C)CC1. The highest BCUT2D eigenvalue weighted by Gasteiger charge is 2.29. The maximum Gasteiger partial charge on any atom is 0.168 e. The lowest BCUT2D eigenvalue weighted by Gasteiger charge is -2.40. The molecule has 1 aliphatic rings. The molecule has 1 atom stereocenters. The Hall–Kier alpha value is -2.80. The Morgan fingerprint density at radius 3 is 2.45 bits per heavy atom. The van der Waals surface area contributed by atoms with E-state index < -0.39 is 0 Å². The second kappa shape index (κ2) is 9.56. The van der Waals surface area contributed by atoms with E-state index in [2.05, 4.69) is 64.3 Å². The molecule has 0 aliphatic carbocycles. The summed E-state index contributed by atoms with van der Waals surface area (Å²) in [6.45, 7) is 11.1. The summed E-state index contributed by atoms with van der Waals surface area (Å²) in [5, 5.41) is 12.6. The molecule has 1 aromatic heterocycles. The third-order valence-corrected chi connectivity index (χ3v) is 6.34. The number of piperazine rings is 1. The van der Waals surface area contributed by atoms with Crippen molar-refractivity contribution in [1.82, 2.24) is 25.1 Å². The summed E-state index contributed by atoms with van der Waals surface area (Å²) >= 11 is 0. The monoisotopic (exact) mass is 422 g/mol. The number of nitrogens with zero attached hydrogens (tertiary/aromatic N) is 6. The molecule has 0 bridgehead atoms. The van der Waals surface area contributed by atoms with Gasteiger partial charge in [0.2, 0.25) is 0 Å². The Bertz CT molecular complexity index is 992. The molecule has 4 rings (SSSR count). The van der Waals surface area contributed by atoms with E-state index in [1.165, 1.54) is 28.9 Å². The molecule has 1 fully saturated rings. The summed E-state index contributed by atoms with van der Waals surface area (Å²) < 4.78 is 15.1. The number of hydrogen-bond donors (Lipinski definition) is 0. The van der Waals surface area contributed by atoms with Crippen molar-refractivity contribution in [1.29, 1.82) is 0 Å². The van der Waals surface area contributed by atoms with Gasteiger partial charge in [-0.3, -0.25) is 4.90 Å². The third kappa shape index (κ3) is 4.77. The molecule has 1 aliphatic heterocycles. The highest BCUT2D eigenvalue weighted by Crippen LogP contribution is 2.29. The molecule has 164 valence electrons. The first-order chi connectivity index (χ1) is 15.1. The zero-order chi connectivity index (χ0) is 21.8. The van der Waals surface area contributed by atoms with Crippen molar-refractivity contribution in [3.05, 3.63) is 70.8 Å². The zero-order valence-corrected chi connectivity index (χ0v) is 18.6. The van der Waals surface area contributed by atoms with Gasteiger partial charge in [0.15, 0.2) is 5.82 Å². The fourth-order valence-electron chi connectivity index (χ4n) is 4.43. The van der Waals surface area contributed by atoms with Crippen LogP contribution in [0.4, 0.5) is 10.1 Å². The van der Waals surface area contributed by atoms with Crippen molar-refractivity contribution < 1.29 is 4.39 Å². The lowest BCUT2D eigenvalue weighted by molar-refractivity contribution is 0.164. The van der Waals surface area contributed by atoms with Gasteiger partial charge in [0, 0.05) is 31.9 Å². The lowest BCUT2D eigenvalue weighted by Crippen LogP contribution is -2.48. The summed E-state index contributed by atoms with van der Waals surface area (Å²) in [6.07, 6.45) is 2.07. The zero-order valence-electron chi connectivity index (χ0n) is 18.6. The number of tetrazole rings is 1. The molecule has 0 radical (unpaired) electrons. The summed E-state index contributed by atoms with van der Waals surface area (Å²) in [6, 6.07) is 13.3. The molecule has 2 heterocycles. The van der Waals surface area contributed by atoms with Gasteiger partial charge in [-0.2, -0.15) is 0 Å². The summed E-state index contributed by atoms with van der Waals surface area (Å²) in [7, 11) is 0. The van der Waals surface area contributed by atoms with Crippen molar-refractivity contribution in [3.8, 4) is 0 Å². The Morgan fingerprint density at radius 2 is 1.74 bits per heavy atom. The van der Waals surface area contributed by atoms with Crippen LogP contribution in [0.25, 0.3) is 0 Å². The second-order valence-corrected chi connectivity index (χ2v) is 8.37. The lowest BCUT2D eigenvalue weighted by atomic mass is 10.1. The van der Waals surface area contributed by atoms with E-state index in [0.717, 1.165) is 50.4 Å². The van der Waals surface area contributed by atoms with Crippen molar-refractivity contribution in [2.75, 3.05) is 31.1 Å². The standard InChI is InChI=1S/C24H31FN6/c1-4-6-23(24-26-27-28-31(24)17-20-9-11-21(25)12-10-20)30-15-13-29(14-16-30)22-8-5-7-18(2)19(22)3/h5,7-12,23H,4,6,13-17H2,1-3H3/t23-/m0/s1. The number of hydrogen-bond acceptors (Lipinski definition) is 5. The highest BCUT2D eigenvalue weighted by atomic mass is 19.1. The van der Waals surface area contributed by atoms with E-state index in [0.29, 0.717) is 6.54 Å². The van der Waals surface area contributed by atoms with Crippen LogP contribution < -0.4 is 4.90 Å². The first kappa shape index (κ1) is 21.4. The van der Waals surface area contributed by atoms with Crippen LogP contribution in [0.1, 0.15) is 48.3 Å². The minimum absolute atomic E-state index is 0.182. The van der Waals surface area contributed by atoms with Gasteiger partial charge in [0.1, 0.15) is 5.82 Å². The van der Waals surface area contributed by atoms with Crippen LogP contribution in [-0.4, -0.2) is 51.3 Å². The van der Waals surface area contributed by atoms with E-state index >= 15 is 0 Å². The summed E-state index contributed by atoms with van der Waals surface area (Å²) in [5.41, 5.74) is 5.03. The molecule has 7 heteroatoms. The quantitative estimate of drug-likeness (QED) is 0.573.